The Balaban J connectivity index is 2.61. The molecule has 15 heavy (non-hydrogen) atoms. The minimum Gasteiger partial charge on any atom is -0.275 e. The lowest BCUT2D eigenvalue weighted by Crippen LogP contribution is -2.26. The second-order valence-corrected chi connectivity index (χ2v) is 3.98. The van der Waals surface area contributed by atoms with Gasteiger partial charge < -0.3 is 0 Å². The molecule has 4 heteroatoms. The number of amides is 1. The molecule has 0 aliphatic carbocycles. The number of benzene rings is 1. The number of hydrogen-bond acceptors (Lipinski definition) is 3. The molecule has 0 unspecified atom stereocenters. The van der Waals surface area contributed by atoms with Crippen molar-refractivity contribution < 1.29 is 9.63 Å². The molecule has 1 amide bonds. The van der Waals surface area contributed by atoms with Gasteiger partial charge in [-0.15, -0.1) is 11.8 Å². The Labute approximate surface area is 94.4 Å². The number of rotatable bonds is 4. The van der Waals surface area contributed by atoms with Crippen LogP contribution in [0, 0.1) is 0 Å². The van der Waals surface area contributed by atoms with Gasteiger partial charge in [-0.05, 0) is 24.0 Å². The van der Waals surface area contributed by atoms with Crippen molar-refractivity contribution in [1.82, 2.24) is 5.06 Å². The van der Waals surface area contributed by atoms with Crippen molar-refractivity contribution in [1.29, 1.82) is 0 Å². The lowest BCUT2D eigenvalue weighted by atomic mass is 10.1. The molecule has 0 fully saturated rings. The molecular formula is C11H15NO2S. The van der Waals surface area contributed by atoms with E-state index in [9.17, 15) is 4.79 Å². The summed E-state index contributed by atoms with van der Waals surface area (Å²) < 4.78 is 0. The molecule has 0 bridgehead atoms. The van der Waals surface area contributed by atoms with Gasteiger partial charge in [-0.3, -0.25) is 9.63 Å². The van der Waals surface area contributed by atoms with Crippen molar-refractivity contribution in [3.8, 4) is 0 Å². The molecule has 0 aliphatic heterocycles. The van der Waals surface area contributed by atoms with Gasteiger partial charge in [0, 0.05) is 11.9 Å². The van der Waals surface area contributed by atoms with Crippen LogP contribution in [0.4, 0.5) is 0 Å². The van der Waals surface area contributed by atoms with Crippen LogP contribution in [-0.2, 0) is 16.1 Å². The highest BCUT2D eigenvalue weighted by atomic mass is 32.2. The lowest BCUT2D eigenvalue weighted by Gasteiger charge is -2.13. The van der Waals surface area contributed by atoms with Crippen LogP contribution in [0.5, 0.6) is 0 Å². The fourth-order valence-electron chi connectivity index (χ4n) is 1.13. The molecule has 0 aliphatic rings. The molecule has 1 rings (SSSR count). The van der Waals surface area contributed by atoms with E-state index in [-0.39, 0.29) is 5.91 Å². The highest BCUT2D eigenvalue weighted by Crippen LogP contribution is 2.15. The van der Waals surface area contributed by atoms with Crippen molar-refractivity contribution in [3.63, 3.8) is 0 Å². The van der Waals surface area contributed by atoms with E-state index in [4.69, 9.17) is 4.84 Å². The topological polar surface area (TPSA) is 29.5 Å². The highest BCUT2D eigenvalue weighted by molar-refractivity contribution is 7.98. The molecule has 82 valence electrons. The van der Waals surface area contributed by atoms with Crippen LogP contribution in [0.3, 0.4) is 0 Å². The number of hydrogen-bond donors (Lipinski definition) is 0. The van der Waals surface area contributed by atoms with Crippen LogP contribution in [0.15, 0.2) is 29.2 Å². The van der Waals surface area contributed by atoms with E-state index in [1.54, 1.807) is 18.8 Å². The average molecular weight is 225 g/mol. The molecule has 0 aromatic heterocycles. The van der Waals surface area contributed by atoms with Gasteiger partial charge in [0.1, 0.15) is 0 Å². The molecule has 3 nitrogen and oxygen atoms in total. The van der Waals surface area contributed by atoms with Crippen LogP contribution < -0.4 is 0 Å². The number of hydroxylamine groups is 2. The number of nitrogens with zero attached hydrogens (tertiary/aromatic N) is 1. The smallest absolute Gasteiger partial charge is 0.250 e. The molecule has 1 aromatic rings. The van der Waals surface area contributed by atoms with Gasteiger partial charge in [0.25, 0.3) is 0 Å². The van der Waals surface area contributed by atoms with Gasteiger partial charge >= 0.3 is 0 Å². The van der Waals surface area contributed by atoms with Crippen LogP contribution in [0.2, 0.25) is 0 Å². The SMILES string of the molecule is CON(C)C(=O)Cc1ccc(SC)cc1. The Morgan fingerprint density at radius 2 is 2.00 bits per heavy atom. The normalized spacial score (nSPS) is 10.1. The number of likely N-dealkylation sites (N-methyl/N-ethyl adjacent to an activating group) is 1. The lowest BCUT2D eigenvalue weighted by molar-refractivity contribution is -0.167. The zero-order valence-corrected chi connectivity index (χ0v) is 10.0. The fraction of sp³-hybridized carbons (Fsp3) is 0.364. The van der Waals surface area contributed by atoms with Crippen molar-refractivity contribution in [3.05, 3.63) is 29.8 Å². The van der Waals surface area contributed by atoms with Crippen LogP contribution in [0.25, 0.3) is 0 Å². The third-order valence-corrected chi connectivity index (χ3v) is 2.88. The third kappa shape index (κ3) is 3.57. The zero-order valence-electron chi connectivity index (χ0n) is 9.19. The zero-order chi connectivity index (χ0) is 11.3. The van der Waals surface area contributed by atoms with Crippen molar-refractivity contribution in [2.75, 3.05) is 20.4 Å². The minimum atomic E-state index is -0.0469. The second-order valence-electron chi connectivity index (χ2n) is 3.10. The average Bonchev–Trinajstić information content (AvgIpc) is 2.29. The first-order chi connectivity index (χ1) is 7.17. The van der Waals surface area contributed by atoms with E-state index in [0.29, 0.717) is 6.42 Å². The third-order valence-electron chi connectivity index (χ3n) is 2.14. The summed E-state index contributed by atoms with van der Waals surface area (Å²) in [5, 5.41) is 1.24. The highest BCUT2D eigenvalue weighted by Gasteiger charge is 2.08. The summed E-state index contributed by atoms with van der Waals surface area (Å²) in [4.78, 5) is 17.5. The van der Waals surface area contributed by atoms with Crippen molar-refractivity contribution in [2.45, 2.75) is 11.3 Å². The Hall–Kier alpha value is -1.00. The first kappa shape index (κ1) is 12.1. The summed E-state index contributed by atoms with van der Waals surface area (Å²) in [6.07, 6.45) is 2.40. The number of thioether (sulfide) groups is 1. The summed E-state index contributed by atoms with van der Waals surface area (Å²) in [7, 11) is 3.09. The first-order valence-corrected chi connectivity index (χ1v) is 5.83. The summed E-state index contributed by atoms with van der Waals surface area (Å²) in [5.41, 5.74) is 1.00. The quantitative estimate of drug-likeness (QED) is 0.579. The second kappa shape index (κ2) is 5.78. The van der Waals surface area contributed by atoms with E-state index in [1.165, 1.54) is 17.1 Å². The van der Waals surface area contributed by atoms with Crippen molar-refractivity contribution in [2.24, 2.45) is 0 Å². The molecule has 0 atom stereocenters. The van der Waals surface area contributed by atoms with Gasteiger partial charge in [-0.25, -0.2) is 5.06 Å². The standard InChI is InChI=1S/C11H15NO2S/c1-12(14-2)11(13)8-9-4-6-10(15-3)7-5-9/h4-7H,8H2,1-3H3. The Bertz CT molecular complexity index is 324. The van der Waals surface area contributed by atoms with E-state index >= 15 is 0 Å². The molecule has 1 aromatic carbocycles. The van der Waals surface area contributed by atoms with E-state index in [1.807, 2.05) is 30.5 Å². The Morgan fingerprint density at radius 1 is 1.40 bits per heavy atom. The van der Waals surface area contributed by atoms with Gasteiger partial charge in [0.2, 0.25) is 5.91 Å². The summed E-state index contributed by atoms with van der Waals surface area (Å²) in [6.45, 7) is 0. The molecule has 0 radical (unpaired) electrons. The van der Waals surface area contributed by atoms with Gasteiger partial charge in [0.05, 0.1) is 13.5 Å². The predicted molar refractivity (Wildman–Crippen MR) is 61.7 cm³/mol. The predicted octanol–water partition coefficient (Wildman–Crippen LogP) is 1.97. The minimum absolute atomic E-state index is 0.0469. The van der Waals surface area contributed by atoms with Gasteiger partial charge in [0.15, 0.2) is 0 Å². The maximum atomic E-state index is 11.5. The fourth-order valence-corrected chi connectivity index (χ4v) is 1.54. The monoisotopic (exact) mass is 225 g/mol. The van der Waals surface area contributed by atoms with Crippen LogP contribution in [0.1, 0.15) is 5.56 Å². The summed E-state index contributed by atoms with van der Waals surface area (Å²) in [5.74, 6) is -0.0469. The van der Waals surface area contributed by atoms with Crippen LogP contribution >= 0.6 is 11.8 Å². The van der Waals surface area contributed by atoms with Gasteiger partial charge in [-0.2, -0.15) is 0 Å². The van der Waals surface area contributed by atoms with Crippen LogP contribution in [-0.4, -0.2) is 31.4 Å². The molecular weight excluding hydrogens is 210 g/mol. The Morgan fingerprint density at radius 3 is 2.47 bits per heavy atom. The molecule has 0 N–H and O–H groups in total. The Kier molecular flexibility index (Phi) is 4.65. The van der Waals surface area contributed by atoms with E-state index in [2.05, 4.69) is 0 Å². The van der Waals surface area contributed by atoms with E-state index in [0.717, 1.165) is 5.56 Å². The maximum absolute atomic E-state index is 11.5. The number of carbonyl (C=O) groups excluding carboxylic acids is 1. The molecule has 0 heterocycles. The summed E-state index contributed by atoms with van der Waals surface area (Å²) in [6, 6.07) is 7.96. The molecule has 0 saturated carbocycles. The van der Waals surface area contributed by atoms with Gasteiger partial charge in [-0.1, -0.05) is 12.1 Å². The largest absolute Gasteiger partial charge is 0.275 e. The number of carbonyl (C=O) groups is 1. The maximum Gasteiger partial charge on any atom is 0.250 e. The summed E-state index contributed by atoms with van der Waals surface area (Å²) >= 11 is 1.69. The van der Waals surface area contributed by atoms with E-state index < -0.39 is 0 Å². The first-order valence-electron chi connectivity index (χ1n) is 4.61. The van der Waals surface area contributed by atoms with Crippen molar-refractivity contribution >= 4 is 17.7 Å². The molecule has 0 spiro atoms. The molecule has 0 saturated heterocycles.